The van der Waals surface area contributed by atoms with Gasteiger partial charge < -0.3 is 18.6 Å². The first-order chi connectivity index (χ1) is 13.1. The highest BCUT2D eigenvalue weighted by Crippen LogP contribution is 2.35. The molecule has 0 atom stereocenters. The van der Waals surface area contributed by atoms with Crippen LogP contribution in [0.2, 0.25) is 0 Å². The Hall–Kier alpha value is -3.54. The third-order valence-electron chi connectivity index (χ3n) is 4.06. The predicted octanol–water partition coefficient (Wildman–Crippen LogP) is 3.71. The second kappa shape index (κ2) is 7.78. The Labute approximate surface area is 155 Å². The SMILES string of the molecule is COc1cc(OC)c(OC)cc1/C=C/C(=O)c1cc2ccccc2oc1=O. The van der Waals surface area contributed by atoms with Crippen molar-refractivity contribution in [1.29, 1.82) is 0 Å². The molecule has 0 amide bonds. The first-order valence-corrected chi connectivity index (χ1v) is 8.12. The lowest BCUT2D eigenvalue weighted by Gasteiger charge is -2.12. The molecule has 6 heteroatoms. The molecule has 27 heavy (non-hydrogen) atoms. The van der Waals surface area contributed by atoms with Crippen molar-refractivity contribution in [3.63, 3.8) is 0 Å². The molecule has 6 nitrogen and oxygen atoms in total. The molecule has 3 rings (SSSR count). The van der Waals surface area contributed by atoms with E-state index in [4.69, 9.17) is 18.6 Å². The fraction of sp³-hybridized carbons (Fsp3) is 0.143. The van der Waals surface area contributed by atoms with E-state index < -0.39 is 11.4 Å². The molecule has 2 aromatic carbocycles. The zero-order chi connectivity index (χ0) is 19.4. The quantitative estimate of drug-likeness (QED) is 0.376. The van der Waals surface area contributed by atoms with Gasteiger partial charge in [-0.15, -0.1) is 0 Å². The summed E-state index contributed by atoms with van der Waals surface area (Å²) >= 11 is 0. The molecule has 1 heterocycles. The summed E-state index contributed by atoms with van der Waals surface area (Å²) in [5, 5.41) is 0.678. The van der Waals surface area contributed by atoms with Crippen molar-refractivity contribution in [1.82, 2.24) is 0 Å². The van der Waals surface area contributed by atoms with E-state index in [0.29, 0.717) is 33.8 Å². The summed E-state index contributed by atoms with van der Waals surface area (Å²) in [5.41, 5.74) is 0.324. The Morgan fingerprint density at radius 3 is 2.30 bits per heavy atom. The van der Waals surface area contributed by atoms with E-state index in [0.717, 1.165) is 0 Å². The van der Waals surface area contributed by atoms with Gasteiger partial charge in [0.1, 0.15) is 16.9 Å². The molecule has 0 fully saturated rings. The van der Waals surface area contributed by atoms with Gasteiger partial charge in [-0.05, 0) is 30.4 Å². The zero-order valence-corrected chi connectivity index (χ0v) is 15.1. The summed E-state index contributed by atoms with van der Waals surface area (Å²) in [6.07, 6.45) is 2.85. The highest BCUT2D eigenvalue weighted by molar-refractivity contribution is 6.08. The number of para-hydroxylation sites is 1. The Morgan fingerprint density at radius 1 is 0.926 bits per heavy atom. The molecule has 3 aromatic rings. The third-order valence-corrected chi connectivity index (χ3v) is 4.06. The lowest BCUT2D eigenvalue weighted by Crippen LogP contribution is -2.11. The molecule has 0 aliphatic rings. The van der Waals surface area contributed by atoms with Gasteiger partial charge in [-0.2, -0.15) is 0 Å². The molecule has 0 aliphatic carbocycles. The van der Waals surface area contributed by atoms with Gasteiger partial charge in [0, 0.05) is 17.0 Å². The molecule has 0 spiro atoms. The van der Waals surface area contributed by atoms with Crippen molar-refractivity contribution < 1.29 is 23.4 Å². The number of fused-ring (bicyclic) bond motifs is 1. The minimum atomic E-state index is -0.678. The number of hydrogen-bond donors (Lipinski definition) is 0. The maximum atomic E-state index is 12.5. The number of carbonyl (C=O) groups is 1. The van der Waals surface area contributed by atoms with E-state index in [1.807, 2.05) is 0 Å². The van der Waals surface area contributed by atoms with Crippen LogP contribution < -0.4 is 19.8 Å². The van der Waals surface area contributed by atoms with E-state index in [-0.39, 0.29) is 5.56 Å². The largest absolute Gasteiger partial charge is 0.496 e. The highest BCUT2D eigenvalue weighted by Gasteiger charge is 2.13. The van der Waals surface area contributed by atoms with Crippen LogP contribution in [0.25, 0.3) is 17.0 Å². The maximum Gasteiger partial charge on any atom is 0.347 e. The Bertz CT molecular complexity index is 1080. The number of hydrogen-bond acceptors (Lipinski definition) is 6. The molecule has 1 aromatic heterocycles. The minimum absolute atomic E-state index is 0.0376. The number of benzene rings is 2. The standard InChI is InChI=1S/C21H18O6/c1-24-18-12-20(26-3)19(25-2)11-14(18)8-9-16(22)15-10-13-6-4-5-7-17(13)27-21(15)23/h4-12H,1-3H3/b9-8+. The predicted molar refractivity (Wildman–Crippen MR) is 102 cm³/mol. The van der Waals surface area contributed by atoms with Crippen LogP contribution >= 0.6 is 0 Å². The summed E-state index contributed by atoms with van der Waals surface area (Å²) in [6, 6.07) is 11.9. The monoisotopic (exact) mass is 366 g/mol. The Kier molecular flexibility index (Phi) is 5.26. The minimum Gasteiger partial charge on any atom is -0.496 e. The van der Waals surface area contributed by atoms with Gasteiger partial charge in [0.15, 0.2) is 17.3 Å². The van der Waals surface area contributed by atoms with Crippen molar-refractivity contribution in [2.75, 3.05) is 21.3 Å². The van der Waals surface area contributed by atoms with Crippen molar-refractivity contribution in [2.24, 2.45) is 0 Å². The van der Waals surface area contributed by atoms with E-state index in [2.05, 4.69) is 0 Å². The van der Waals surface area contributed by atoms with Crippen LogP contribution in [0.3, 0.4) is 0 Å². The average Bonchev–Trinajstić information content (AvgIpc) is 2.70. The van der Waals surface area contributed by atoms with Crippen LogP contribution in [0.5, 0.6) is 17.2 Å². The van der Waals surface area contributed by atoms with Crippen molar-refractivity contribution in [2.45, 2.75) is 0 Å². The molecule has 0 saturated carbocycles. The Balaban J connectivity index is 1.98. The summed E-state index contributed by atoms with van der Waals surface area (Å²) in [7, 11) is 4.55. The first-order valence-electron chi connectivity index (χ1n) is 8.12. The van der Waals surface area contributed by atoms with E-state index >= 15 is 0 Å². The molecule has 0 bridgehead atoms. The van der Waals surface area contributed by atoms with Gasteiger partial charge in [0.2, 0.25) is 0 Å². The molecule has 0 aliphatic heterocycles. The number of methoxy groups -OCH3 is 3. The maximum absolute atomic E-state index is 12.5. The fourth-order valence-corrected chi connectivity index (χ4v) is 2.67. The van der Waals surface area contributed by atoms with Crippen LogP contribution in [0.1, 0.15) is 15.9 Å². The normalized spacial score (nSPS) is 10.9. The van der Waals surface area contributed by atoms with Gasteiger partial charge in [-0.1, -0.05) is 18.2 Å². The second-order valence-electron chi connectivity index (χ2n) is 5.63. The summed E-state index contributed by atoms with van der Waals surface area (Å²) in [5.74, 6) is 1.04. The lowest BCUT2D eigenvalue weighted by atomic mass is 10.1. The van der Waals surface area contributed by atoms with Crippen molar-refractivity contribution >= 4 is 22.8 Å². The average molecular weight is 366 g/mol. The van der Waals surface area contributed by atoms with Crippen molar-refractivity contribution in [3.05, 3.63) is 70.1 Å². The molecular formula is C21H18O6. The van der Waals surface area contributed by atoms with Crippen LogP contribution in [0.15, 0.2) is 57.8 Å². The van der Waals surface area contributed by atoms with E-state index in [1.165, 1.54) is 33.5 Å². The molecule has 138 valence electrons. The van der Waals surface area contributed by atoms with Crippen LogP contribution in [0.4, 0.5) is 0 Å². The highest BCUT2D eigenvalue weighted by atomic mass is 16.5. The number of carbonyl (C=O) groups excluding carboxylic acids is 1. The number of ketones is 1. The number of ether oxygens (including phenoxy) is 3. The first kappa shape index (κ1) is 18.3. The van der Waals surface area contributed by atoms with Crippen molar-refractivity contribution in [3.8, 4) is 17.2 Å². The van der Waals surface area contributed by atoms with E-state index in [1.54, 1.807) is 42.5 Å². The number of allylic oxidation sites excluding steroid dienone is 1. The lowest BCUT2D eigenvalue weighted by molar-refractivity contribution is 0.104. The molecular weight excluding hydrogens is 348 g/mol. The van der Waals surface area contributed by atoms with Gasteiger partial charge in [-0.3, -0.25) is 4.79 Å². The van der Waals surface area contributed by atoms with Gasteiger partial charge in [-0.25, -0.2) is 4.79 Å². The van der Waals surface area contributed by atoms with Gasteiger partial charge in [0.25, 0.3) is 0 Å². The molecule has 0 N–H and O–H groups in total. The fourth-order valence-electron chi connectivity index (χ4n) is 2.67. The van der Waals surface area contributed by atoms with Gasteiger partial charge in [0.05, 0.1) is 21.3 Å². The summed E-state index contributed by atoms with van der Waals surface area (Å²) in [4.78, 5) is 24.6. The van der Waals surface area contributed by atoms with E-state index in [9.17, 15) is 9.59 Å². The third kappa shape index (κ3) is 3.69. The van der Waals surface area contributed by atoms with Gasteiger partial charge >= 0.3 is 5.63 Å². The van der Waals surface area contributed by atoms with Crippen LogP contribution in [0, 0.1) is 0 Å². The molecule has 0 saturated heterocycles. The number of rotatable bonds is 6. The van der Waals surface area contributed by atoms with Crippen LogP contribution in [-0.2, 0) is 0 Å². The van der Waals surface area contributed by atoms with Crippen LogP contribution in [-0.4, -0.2) is 27.1 Å². The smallest absolute Gasteiger partial charge is 0.347 e. The second-order valence-corrected chi connectivity index (χ2v) is 5.63. The summed E-state index contributed by atoms with van der Waals surface area (Å²) in [6.45, 7) is 0. The zero-order valence-electron chi connectivity index (χ0n) is 15.1. The topological polar surface area (TPSA) is 75.0 Å². The molecule has 0 unspecified atom stereocenters. The summed E-state index contributed by atoms with van der Waals surface area (Å²) < 4.78 is 21.0. The molecule has 0 radical (unpaired) electrons. The Morgan fingerprint density at radius 2 is 1.59 bits per heavy atom.